The van der Waals surface area contributed by atoms with E-state index < -0.39 is 0 Å². The lowest BCUT2D eigenvalue weighted by atomic mass is 10.2. The number of benzene rings is 1. The molecule has 0 unspecified atom stereocenters. The summed E-state index contributed by atoms with van der Waals surface area (Å²) in [6.45, 7) is 5.75. The second kappa shape index (κ2) is 7.44. The molecule has 0 saturated heterocycles. The number of hydrogen-bond acceptors (Lipinski definition) is 3. The molecule has 3 nitrogen and oxygen atoms in total. The molecule has 0 aliphatic heterocycles. The van der Waals surface area contributed by atoms with Gasteiger partial charge in [0, 0.05) is 25.0 Å². The summed E-state index contributed by atoms with van der Waals surface area (Å²) >= 11 is 1.61. The second-order valence-electron chi connectivity index (χ2n) is 4.48. The van der Waals surface area contributed by atoms with Gasteiger partial charge in [-0.2, -0.15) is 0 Å². The highest BCUT2D eigenvalue weighted by Gasteiger charge is 2.09. The van der Waals surface area contributed by atoms with Gasteiger partial charge in [-0.3, -0.25) is 4.79 Å². The van der Waals surface area contributed by atoms with Crippen molar-refractivity contribution in [3.63, 3.8) is 0 Å². The maximum Gasteiger partial charge on any atom is 0.232 e. The predicted octanol–water partition coefficient (Wildman–Crippen LogP) is 2.07. The molecule has 0 spiro atoms. The van der Waals surface area contributed by atoms with Crippen LogP contribution in [0.15, 0.2) is 23.1 Å². The molecule has 1 amide bonds. The smallest absolute Gasteiger partial charge is 0.232 e. The summed E-state index contributed by atoms with van der Waals surface area (Å²) in [6, 6.07) is 6.33. The van der Waals surface area contributed by atoms with Gasteiger partial charge in [-0.15, -0.1) is 11.8 Å². The van der Waals surface area contributed by atoms with E-state index in [-0.39, 0.29) is 5.91 Å². The zero-order valence-electron chi connectivity index (χ0n) is 11.6. The van der Waals surface area contributed by atoms with Crippen molar-refractivity contribution in [3.8, 4) is 0 Å². The van der Waals surface area contributed by atoms with Crippen LogP contribution in [0.25, 0.3) is 0 Å². The summed E-state index contributed by atoms with van der Waals surface area (Å²) in [5.74, 6) is 0.680. The molecule has 0 aliphatic carbocycles. The third-order valence-electron chi connectivity index (χ3n) is 2.80. The first-order chi connectivity index (χ1) is 8.54. The first-order valence-electron chi connectivity index (χ1n) is 6.13. The summed E-state index contributed by atoms with van der Waals surface area (Å²) in [4.78, 5) is 14.8. The topological polar surface area (TPSA) is 32.3 Å². The Morgan fingerprint density at radius 1 is 1.39 bits per heavy atom. The van der Waals surface area contributed by atoms with Crippen LogP contribution in [0.5, 0.6) is 0 Å². The normalized spacial score (nSPS) is 10.4. The van der Waals surface area contributed by atoms with Gasteiger partial charge in [0.25, 0.3) is 0 Å². The Balaban J connectivity index is 2.47. The monoisotopic (exact) mass is 266 g/mol. The van der Waals surface area contributed by atoms with E-state index in [1.54, 1.807) is 16.7 Å². The Labute approximate surface area is 114 Å². The van der Waals surface area contributed by atoms with Crippen LogP contribution in [-0.2, 0) is 4.79 Å². The highest BCUT2D eigenvalue weighted by Crippen LogP contribution is 2.23. The SMILES string of the molecule is CNCCN(C)C(=O)CSc1ccc(C)cc1C. The number of thioether (sulfide) groups is 1. The van der Waals surface area contributed by atoms with Crippen molar-refractivity contribution in [2.24, 2.45) is 0 Å². The second-order valence-corrected chi connectivity index (χ2v) is 5.49. The van der Waals surface area contributed by atoms with Gasteiger partial charge < -0.3 is 10.2 Å². The molecule has 0 aliphatic rings. The van der Waals surface area contributed by atoms with Crippen molar-refractivity contribution in [2.45, 2.75) is 18.7 Å². The summed E-state index contributed by atoms with van der Waals surface area (Å²) in [6.07, 6.45) is 0. The van der Waals surface area contributed by atoms with E-state index in [0.29, 0.717) is 5.75 Å². The average molecular weight is 266 g/mol. The number of aryl methyl sites for hydroxylation is 2. The van der Waals surface area contributed by atoms with Gasteiger partial charge in [0.15, 0.2) is 0 Å². The maximum absolute atomic E-state index is 11.9. The van der Waals surface area contributed by atoms with Crippen molar-refractivity contribution in [1.82, 2.24) is 10.2 Å². The predicted molar refractivity (Wildman–Crippen MR) is 78.2 cm³/mol. The molecule has 0 atom stereocenters. The highest BCUT2D eigenvalue weighted by molar-refractivity contribution is 8.00. The fraction of sp³-hybridized carbons (Fsp3) is 0.500. The summed E-state index contributed by atoms with van der Waals surface area (Å²) in [7, 11) is 3.74. The highest BCUT2D eigenvalue weighted by atomic mass is 32.2. The van der Waals surface area contributed by atoms with Crippen LogP contribution in [0, 0.1) is 13.8 Å². The van der Waals surface area contributed by atoms with Gasteiger partial charge in [0.2, 0.25) is 5.91 Å². The molecule has 0 heterocycles. The van der Waals surface area contributed by atoms with Crippen molar-refractivity contribution in [3.05, 3.63) is 29.3 Å². The zero-order chi connectivity index (χ0) is 13.5. The van der Waals surface area contributed by atoms with Crippen LogP contribution >= 0.6 is 11.8 Å². The molecule has 0 bridgehead atoms. The first-order valence-corrected chi connectivity index (χ1v) is 7.11. The number of rotatable bonds is 6. The van der Waals surface area contributed by atoms with Crippen LogP contribution < -0.4 is 5.32 Å². The molecule has 1 aromatic rings. The lowest BCUT2D eigenvalue weighted by molar-refractivity contribution is -0.127. The van der Waals surface area contributed by atoms with Gasteiger partial charge >= 0.3 is 0 Å². The Morgan fingerprint density at radius 2 is 2.11 bits per heavy atom. The van der Waals surface area contributed by atoms with E-state index in [1.165, 1.54) is 16.0 Å². The van der Waals surface area contributed by atoms with Gasteiger partial charge in [-0.05, 0) is 32.5 Å². The Kier molecular flexibility index (Phi) is 6.22. The van der Waals surface area contributed by atoms with Gasteiger partial charge in [-0.1, -0.05) is 17.7 Å². The molecule has 4 heteroatoms. The van der Waals surface area contributed by atoms with E-state index in [2.05, 4.69) is 37.4 Å². The third-order valence-corrected chi connectivity index (χ3v) is 3.96. The Morgan fingerprint density at radius 3 is 2.72 bits per heavy atom. The molecule has 0 fully saturated rings. The fourth-order valence-electron chi connectivity index (χ4n) is 1.62. The Bertz CT molecular complexity index is 407. The molecule has 18 heavy (non-hydrogen) atoms. The van der Waals surface area contributed by atoms with Crippen molar-refractivity contribution >= 4 is 17.7 Å². The third kappa shape index (κ3) is 4.70. The summed E-state index contributed by atoms with van der Waals surface area (Å²) in [5, 5.41) is 3.04. The van der Waals surface area contributed by atoms with E-state index in [4.69, 9.17) is 0 Å². The first kappa shape index (κ1) is 15.1. The van der Waals surface area contributed by atoms with E-state index in [1.807, 2.05) is 14.1 Å². The molecular weight excluding hydrogens is 244 g/mol. The maximum atomic E-state index is 11.9. The molecule has 1 rings (SSSR count). The van der Waals surface area contributed by atoms with Crippen LogP contribution in [0.2, 0.25) is 0 Å². The quantitative estimate of drug-likeness (QED) is 0.800. The van der Waals surface area contributed by atoms with Gasteiger partial charge in [0.1, 0.15) is 0 Å². The number of hydrogen-bond donors (Lipinski definition) is 1. The Hall–Kier alpha value is -1.00. The largest absolute Gasteiger partial charge is 0.344 e. The van der Waals surface area contributed by atoms with Crippen molar-refractivity contribution in [1.29, 1.82) is 0 Å². The van der Waals surface area contributed by atoms with E-state index >= 15 is 0 Å². The number of carbonyl (C=O) groups excluding carboxylic acids is 1. The van der Waals surface area contributed by atoms with Crippen LogP contribution in [0.1, 0.15) is 11.1 Å². The number of nitrogens with zero attached hydrogens (tertiary/aromatic N) is 1. The zero-order valence-corrected chi connectivity index (χ0v) is 12.4. The minimum atomic E-state index is 0.176. The van der Waals surface area contributed by atoms with Crippen molar-refractivity contribution < 1.29 is 4.79 Å². The summed E-state index contributed by atoms with van der Waals surface area (Å²) < 4.78 is 0. The van der Waals surface area contributed by atoms with Crippen LogP contribution in [0.3, 0.4) is 0 Å². The number of carbonyl (C=O) groups is 1. The molecule has 100 valence electrons. The van der Waals surface area contributed by atoms with E-state index in [0.717, 1.165) is 13.1 Å². The lowest BCUT2D eigenvalue weighted by Crippen LogP contribution is -2.33. The molecule has 1 N–H and O–H groups in total. The van der Waals surface area contributed by atoms with Gasteiger partial charge in [0.05, 0.1) is 5.75 Å². The van der Waals surface area contributed by atoms with Crippen LogP contribution in [-0.4, -0.2) is 43.7 Å². The van der Waals surface area contributed by atoms with Gasteiger partial charge in [-0.25, -0.2) is 0 Å². The molecule has 0 saturated carbocycles. The average Bonchev–Trinajstić information content (AvgIpc) is 2.34. The number of amides is 1. The lowest BCUT2D eigenvalue weighted by Gasteiger charge is -2.16. The van der Waals surface area contributed by atoms with Crippen LogP contribution in [0.4, 0.5) is 0 Å². The number of nitrogens with one attached hydrogen (secondary N) is 1. The minimum absolute atomic E-state index is 0.176. The standard InChI is InChI=1S/C14H22N2OS/c1-11-5-6-13(12(2)9-11)18-10-14(17)16(4)8-7-15-3/h5-6,9,15H,7-8,10H2,1-4H3. The molecular formula is C14H22N2OS. The van der Waals surface area contributed by atoms with Crippen molar-refractivity contribution in [2.75, 3.05) is 32.9 Å². The van der Waals surface area contributed by atoms with E-state index in [9.17, 15) is 4.79 Å². The summed E-state index contributed by atoms with van der Waals surface area (Å²) in [5.41, 5.74) is 2.50. The molecule has 1 aromatic carbocycles. The minimum Gasteiger partial charge on any atom is -0.344 e. The fourth-order valence-corrected chi connectivity index (χ4v) is 2.57. The number of likely N-dealkylation sites (N-methyl/N-ethyl adjacent to an activating group) is 2. The molecule has 0 radical (unpaired) electrons. The molecule has 0 aromatic heterocycles.